The van der Waals surface area contributed by atoms with Crippen LogP contribution in [0.25, 0.3) is 0 Å². The largest absolute Gasteiger partial charge is 0.471 e. The average Bonchev–Trinajstić information content (AvgIpc) is 2.50. The second-order valence-corrected chi connectivity index (χ2v) is 4.97. The normalized spacial score (nSPS) is 11.7. The summed E-state index contributed by atoms with van der Waals surface area (Å²) in [5.41, 5.74) is -0.486. The van der Waals surface area contributed by atoms with Gasteiger partial charge in [0, 0.05) is 5.02 Å². The molecule has 0 saturated carbocycles. The molecule has 23 heavy (non-hydrogen) atoms. The van der Waals surface area contributed by atoms with E-state index >= 15 is 0 Å². The summed E-state index contributed by atoms with van der Waals surface area (Å²) in [4.78, 5) is 11.7. The maximum absolute atomic E-state index is 13.4. The SMILES string of the molecule is CC(NC(=O)Nc1ccc(F)c(F)c1F)Oc1ccc(Cl)cc1. The van der Waals surface area contributed by atoms with E-state index in [4.69, 9.17) is 16.3 Å². The Labute approximate surface area is 135 Å². The minimum atomic E-state index is -1.66. The van der Waals surface area contributed by atoms with Gasteiger partial charge in [0.15, 0.2) is 23.7 Å². The van der Waals surface area contributed by atoms with Gasteiger partial charge in [-0.15, -0.1) is 0 Å². The number of carbonyl (C=O) groups is 1. The number of anilines is 1. The van der Waals surface area contributed by atoms with Gasteiger partial charge < -0.3 is 15.4 Å². The van der Waals surface area contributed by atoms with Crippen molar-refractivity contribution in [1.82, 2.24) is 5.32 Å². The Morgan fingerprint density at radius 3 is 2.39 bits per heavy atom. The lowest BCUT2D eigenvalue weighted by atomic mass is 10.3. The van der Waals surface area contributed by atoms with E-state index in [2.05, 4.69) is 10.6 Å². The number of rotatable bonds is 4. The van der Waals surface area contributed by atoms with Gasteiger partial charge in [-0.1, -0.05) is 11.6 Å². The Hall–Kier alpha value is -2.41. The Balaban J connectivity index is 1.94. The molecular weight excluding hydrogens is 333 g/mol. The first kappa shape index (κ1) is 17.0. The number of carbonyl (C=O) groups excluding carboxylic acids is 1. The molecule has 122 valence electrons. The molecule has 2 aromatic carbocycles. The van der Waals surface area contributed by atoms with Crippen molar-refractivity contribution in [3.8, 4) is 5.75 Å². The molecule has 0 aliphatic heterocycles. The molecule has 0 aliphatic carbocycles. The molecule has 0 bridgehead atoms. The fraction of sp³-hybridized carbons (Fsp3) is 0.133. The number of hydrogen-bond acceptors (Lipinski definition) is 2. The summed E-state index contributed by atoms with van der Waals surface area (Å²) >= 11 is 5.73. The van der Waals surface area contributed by atoms with E-state index in [1.807, 2.05) is 0 Å². The molecule has 1 atom stereocenters. The van der Waals surface area contributed by atoms with Crippen molar-refractivity contribution in [2.24, 2.45) is 0 Å². The van der Waals surface area contributed by atoms with Crippen LogP contribution in [0.3, 0.4) is 0 Å². The molecule has 1 unspecified atom stereocenters. The van der Waals surface area contributed by atoms with E-state index in [1.165, 1.54) is 6.92 Å². The van der Waals surface area contributed by atoms with Gasteiger partial charge in [-0.05, 0) is 43.3 Å². The minimum absolute atomic E-state index is 0.459. The molecule has 2 amide bonds. The molecule has 0 fully saturated rings. The molecule has 0 radical (unpaired) electrons. The molecule has 0 aliphatic rings. The van der Waals surface area contributed by atoms with Gasteiger partial charge in [0.2, 0.25) is 0 Å². The smallest absolute Gasteiger partial charge is 0.322 e. The van der Waals surface area contributed by atoms with Crippen molar-refractivity contribution in [2.45, 2.75) is 13.2 Å². The van der Waals surface area contributed by atoms with E-state index in [0.717, 1.165) is 6.07 Å². The maximum atomic E-state index is 13.4. The summed E-state index contributed by atoms with van der Waals surface area (Å²) in [6.07, 6.45) is -0.760. The lowest BCUT2D eigenvalue weighted by molar-refractivity contribution is 0.183. The third kappa shape index (κ3) is 4.53. The van der Waals surface area contributed by atoms with Gasteiger partial charge in [0.1, 0.15) is 5.75 Å². The van der Waals surface area contributed by atoms with Crippen LogP contribution in [0.2, 0.25) is 5.02 Å². The highest BCUT2D eigenvalue weighted by atomic mass is 35.5. The van der Waals surface area contributed by atoms with Crippen molar-refractivity contribution in [3.05, 3.63) is 58.9 Å². The highest BCUT2D eigenvalue weighted by molar-refractivity contribution is 6.30. The first-order chi connectivity index (χ1) is 10.9. The second-order valence-electron chi connectivity index (χ2n) is 4.54. The third-order valence-electron chi connectivity index (χ3n) is 2.74. The average molecular weight is 345 g/mol. The van der Waals surface area contributed by atoms with E-state index < -0.39 is 35.4 Å². The fourth-order valence-corrected chi connectivity index (χ4v) is 1.84. The fourth-order valence-electron chi connectivity index (χ4n) is 1.71. The van der Waals surface area contributed by atoms with E-state index in [-0.39, 0.29) is 0 Å². The zero-order chi connectivity index (χ0) is 17.0. The number of ether oxygens (including phenoxy) is 1. The van der Waals surface area contributed by atoms with Gasteiger partial charge in [-0.2, -0.15) is 0 Å². The quantitative estimate of drug-likeness (QED) is 0.641. The first-order valence-electron chi connectivity index (χ1n) is 6.50. The van der Waals surface area contributed by atoms with Crippen LogP contribution in [-0.2, 0) is 0 Å². The second kappa shape index (κ2) is 7.23. The Morgan fingerprint density at radius 2 is 1.74 bits per heavy atom. The summed E-state index contributed by atoms with van der Waals surface area (Å²) in [5, 5.41) is 4.97. The highest BCUT2D eigenvalue weighted by Crippen LogP contribution is 2.20. The topological polar surface area (TPSA) is 50.4 Å². The number of amides is 2. The summed E-state index contributed by atoms with van der Waals surface area (Å²) in [6, 6.07) is 7.22. The van der Waals surface area contributed by atoms with Crippen molar-refractivity contribution in [2.75, 3.05) is 5.32 Å². The standard InChI is InChI=1S/C15H12ClF3N2O2/c1-8(23-10-4-2-9(16)3-5-10)20-15(22)21-12-7-6-11(17)13(18)14(12)19/h2-8H,1H3,(H2,20,21,22). The third-order valence-corrected chi connectivity index (χ3v) is 3.00. The lowest BCUT2D eigenvalue weighted by Crippen LogP contribution is -2.39. The summed E-state index contributed by atoms with van der Waals surface area (Å²) in [6.45, 7) is 1.54. The zero-order valence-corrected chi connectivity index (χ0v) is 12.6. The van der Waals surface area contributed by atoms with E-state index in [0.29, 0.717) is 16.8 Å². The van der Waals surface area contributed by atoms with Crippen molar-refractivity contribution in [1.29, 1.82) is 0 Å². The zero-order valence-electron chi connectivity index (χ0n) is 11.9. The molecule has 0 saturated heterocycles. The molecular formula is C15H12ClF3N2O2. The van der Waals surface area contributed by atoms with Crippen LogP contribution >= 0.6 is 11.6 Å². The van der Waals surface area contributed by atoms with Crippen molar-refractivity contribution in [3.63, 3.8) is 0 Å². The lowest BCUT2D eigenvalue weighted by Gasteiger charge is -2.17. The number of benzene rings is 2. The molecule has 0 aromatic heterocycles. The van der Waals surface area contributed by atoms with Crippen LogP contribution < -0.4 is 15.4 Å². The summed E-state index contributed by atoms with van der Waals surface area (Å²) in [7, 11) is 0. The summed E-state index contributed by atoms with van der Waals surface area (Å²) < 4.78 is 44.7. The molecule has 4 nitrogen and oxygen atoms in total. The first-order valence-corrected chi connectivity index (χ1v) is 6.88. The van der Waals surface area contributed by atoms with Crippen LogP contribution in [-0.4, -0.2) is 12.3 Å². The van der Waals surface area contributed by atoms with Gasteiger partial charge in [-0.25, -0.2) is 18.0 Å². The molecule has 2 aromatic rings. The molecule has 2 N–H and O–H groups in total. The molecule has 2 rings (SSSR count). The predicted octanol–water partition coefficient (Wildman–Crippen LogP) is 4.30. The van der Waals surface area contributed by atoms with Gasteiger partial charge >= 0.3 is 6.03 Å². The van der Waals surface area contributed by atoms with Gasteiger partial charge in [0.05, 0.1) is 5.69 Å². The van der Waals surface area contributed by atoms with Crippen molar-refractivity contribution >= 4 is 23.3 Å². The molecule has 0 heterocycles. The minimum Gasteiger partial charge on any atom is -0.471 e. The van der Waals surface area contributed by atoms with Crippen LogP contribution in [0.5, 0.6) is 5.75 Å². The Kier molecular flexibility index (Phi) is 5.33. The van der Waals surface area contributed by atoms with Crippen LogP contribution in [0.15, 0.2) is 36.4 Å². The molecule has 8 heteroatoms. The molecule has 0 spiro atoms. The number of nitrogens with one attached hydrogen (secondary N) is 2. The maximum Gasteiger partial charge on any atom is 0.322 e. The Morgan fingerprint density at radius 1 is 1.09 bits per heavy atom. The van der Waals surface area contributed by atoms with Gasteiger partial charge in [-0.3, -0.25) is 0 Å². The van der Waals surface area contributed by atoms with Crippen LogP contribution in [0.1, 0.15) is 6.92 Å². The summed E-state index contributed by atoms with van der Waals surface area (Å²) in [5.74, 6) is -4.02. The Bertz CT molecular complexity index is 711. The van der Waals surface area contributed by atoms with E-state index in [1.54, 1.807) is 24.3 Å². The number of halogens is 4. The number of hydrogen-bond donors (Lipinski definition) is 2. The van der Waals surface area contributed by atoms with E-state index in [9.17, 15) is 18.0 Å². The number of urea groups is 1. The van der Waals surface area contributed by atoms with Crippen molar-refractivity contribution < 1.29 is 22.7 Å². The van der Waals surface area contributed by atoms with Gasteiger partial charge in [0.25, 0.3) is 0 Å². The highest BCUT2D eigenvalue weighted by Gasteiger charge is 2.16. The van der Waals surface area contributed by atoms with Crippen LogP contribution in [0.4, 0.5) is 23.7 Å². The monoisotopic (exact) mass is 344 g/mol. The van der Waals surface area contributed by atoms with Crippen LogP contribution in [0, 0.1) is 17.5 Å². The predicted molar refractivity (Wildman–Crippen MR) is 80.0 cm³/mol.